The SMILES string of the molecule is CC/C=C\C/C=C\C/C=C\C/C=C\C/C=C\C/C=C\CCCCCCCC(O)C(=O)NC(COC1OC(CO)C(O)C(O)C1OC(=O)CCCCCCCCCCCCCCCC)C(O)/C=C/CCCCCCCCCCCC. The number of carbonyl (C=O) groups is 2. The molecule has 0 aromatic rings. The molecule has 1 fully saturated rings. The number of ether oxygens (including phenoxy) is 3. The molecule has 1 aliphatic rings. The lowest BCUT2D eigenvalue weighted by Crippen LogP contribution is -2.61. The molecule has 0 spiro atoms. The minimum absolute atomic E-state index is 0.122. The van der Waals surface area contributed by atoms with Crippen LogP contribution in [0.25, 0.3) is 0 Å². The van der Waals surface area contributed by atoms with Crippen LogP contribution < -0.4 is 5.32 Å². The van der Waals surface area contributed by atoms with Crippen molar-refractivity contribution >= 4 is 11.9 Å². The summed E-state index contributed by atoms with van der Waals surface area (Å²) >= 11 is 0. The average Bonchev–Trinajstić information content (AvgIpc) is 3.46. The Balaban J connectivity index is 2.65. The van der Waals surface area contributed by atoms with Crippen LogP contribution in [0, 0.1) is 0 Å². The monoisotopic (exact) mass is 1110 g/mol. The maximum atomic E-state index is 13.4. The Kier molecular flexibility index (Phi) is 51.8. The van der Waals surface area contributed by atoms with Gasteiger partial charge >= 0.3 is 5.97 Å². The van der Waals surface area contributed by atoms with Crippen LogP contribution in [-0.2, 0) is 23.8 Å². The van der Waals surface area contributed by atoms with Crippen molar-refractivity contribution < 1.29 is 49.3 Å². The minimum atomic E-state index is -1.62. The van der Waals surface area contributed by atoms with E-state index in [1.165, 1.54) is 116 Å². The number of aliphatic hydroxyl groups is 5. The minimum Gasteiger partial charge on any atom is -0.454 e. The highest BCUT2D eigenvalue weighted by atomic mass is 16.7. The van der Waals surface area contributed by atoms with Gasteiger partial charge in [0, 0.05) is 6.42 Å². The van der Waals surface area contributed by atoms with Crippen molar-refractivity contribution in [2.45, 2.75) is 320 Å². The molecule has 0 saturated carbocycles. The molecule has 1 saturated heterocycles. The molecular weight excluding hydrogens is 991 g/mol. The van der Waals surface area contributed by atoms with Gasteiger partial charge in [-0.1, -0.05) is 273 Å². The first-order valence-electron chi connectivity index (χ1n) is 32.4. The van der Waals surface area contributed by atoms with E-state index in [1.54, 1.807) is 6.08 Å². The smallest absolute Gasteiger partial charge is 0.306 e. The standard InChI is InChI=1S/C68H119NO10/c1-4-7-10-13-16-19-22-25-27-28-29-30-31-32-33-34-35-36-37-40-43-46-49-52-55-61(72)67(76)69-59(60(71)54-51-48-45-42-39-24-21-18-15-12-9-6-3)58-77-68-66(65(75)64(74)62(57-70)78-68)79-63(73)56-53-50-47-44-41-38-26-23-20-17-14-11-8-5-2/h7,10,16,19,25,27,29-30,32-33,35-36,51,54,59-62,64-66,68,70-72,74-75H,4-6,8-9,11-15,17-18,20-24,26,28,31,34,37-50,52-53,55-58H2,1-3H3,(H,69,76)/b10-7-,19-16-,27-25-,30-29-,33-32-,36-35-,54-51+. The van der Waals surface area contributed by atoms with Crippen LogP contribution in [0.2, 0.25) is 0 Å². The van der Waals surface area contributed by atoms with Gasteiger partial charge in [-0.05, 0) is 77.0 Å². The second-order valence-electron chi connectivity index (χ2n) is 22.1. The van der Waals surface area contributed by atoms with Crippen molar-refractivity contribution in [1.82, 2.24) is 5.32 Å². The normalized spacial score (nSPS) is 19.4. The summed E-state index contributed by atoms with van der Waals surface area (Å²) in [6, 6.07) is -1.03. The Morgan fingerprint density at radius 3 is 1.37 bits per heavy atom. The third-order valence-corrected chi connectivity index (χ3v) is 14.8. The van der Waals surface area contributed by atoms with E-state index < -0.39 is 67.4 Å². The lowest BCUT2D eigenvalue weighted by molar-refractivity contribution is -0.305. The summed E-state index contributed by atoms with van der Waals surface area (Å²) in [6.45, 7) is 5.67. The van der Waals surface area contributed by atoms with Gasteiger partial charge in [0.1, 0.15) is 24.4 Å². The molecule has 456 valence electrons. The second-order valence-corrected chi connectivity index (χ2v) is 22.1. The first-order valence-corrected chi connectivity index (χ1v) is 32.4. The summed E-state index contributed by atoms with van der Waals surface area (Å²) in [5, 5.41) is 57.0. The molecule has 6 N–H and O–H groups in total. The summed E-state index contributed by atoms with van der Waals surface area (Å²) < 4.78 is 17.6. The fourth-order valence-corrected chi connectivity index (χ4v) is 9.71. The number of hydrogen-bond donors (Lipinski definition) is 6. The van der Waals surface area contributed by atoms with Crippen molar-refractivity contribution in [2.24, 2.45) is 0 Å². The molecule has 1 aliphatic heterocycles. The Morgan fingerprint density at radius 2 is 0.911 bits per heavy atom. The van der Waals surface area contributed by atoms with E-state index in [2.05, 4.69) is 99.0 Å². The van der Waals surface area contributed by atoms with Crippen molar-refractivity contribution in [1.29, 1.82) is 0 Å². The summed E-state index contributed by atoms with van der Waals surface area (Å²) in [5.74, 6) is -1.21. The van der Waals surface area contributed by atoms with E-state index in [4.69, 9.17) is 14.2 Å². The molecule has 79 heavy (non-hydrogen) atoms. The molecule has 0 aromatic heterocycles. The van der Waals surface area contributed by atoms with Crippen LogP contribution in [0.5, 0.6) is 0 Å². The fourth-order valence-electron chi connectivity index (χ4n) is 9.71. The van der Waals surface area contributed by atoms with Crippen molar-refractivity contribution in [3.63, 3.8) is 0 Å². The summed E-state index contributed by atoms with van der Waals surface area (Å²) in [6.07, 6.45) is 61.9. The molecular formula is C68H119NO10. The maximum Gasteiger partial charge on any atom is 0.306 e. The van der Waals surface area contributed by atoms with Crippen LogP contribution >= 0.6 is 0 Å². The van der Waals surface area contributed by atoms with Gasteiger partial charge in [-0.2, -0.15) is 0 Å². The maximum absolute atomic E-state index is 13.4. The number of allylic oxidation sites excluding steroid dienone is 13. The zero-order chi connectivity index (χ0) is 57.5. The number of esters is 1. The molecule has 8 atom stereocenters. The van der Waals surface area contributed by atoms with Crippen LogP contribution in [0.4, 0.5) is 0 Å². The van der Waals surface area contributed by atoms with E-state index in [0.29, 0.717) is 12.8 Å². The average molecular weight is 1110 g/mol. The van der Waals surface area contributed by atoms with Crippen LogP contribution in [0.1, 0.15) is 271 Å². The Hall–Kier alpha value is -3.16. The van der Waals surface area contributed by atoms with Gasteiger partial charge in [-0.15, -0.1) is 0 Å². The van der Waals surface area contributed by atoms with Gasteiger partial charge in [0.2, 0.25) is 5.91 Å². The highest BCUT2D eigenvalue weighted by molar-refractivity contribution is 5.80. The molecule has 0 radical (unpaired) electrons. The van der Waals surface area contributed by atoms with Gasteiger partial charge in [0.15, 0.2) is 12.4 Å². The molecule has 0 aromatic carbocycles. The van der Waals surface area contributed by atoms with Crippen LogP contribution in [-0.4, -0.2) is 99.6 Å². The van der Waals surface area contributed by atoms with E-state index in [1.807, 2.05) is 6.08 Å². The topological polar surface area (TPSA) is 175 Å². The van der Waals surface area contributed by atoms with Gasteiger partial charge in [-0.25, -0.2) is 0 Å². The Labute approximate surface area is 483 Å². The van der Waals surface area contributed by atoms with Crippen molar-refractivity contribution in [3.8, 4) is 0 Å². The molecule has 1 heterocycles. The first kappa shape index (κ1) is 73.9. The molecule has 1 rings (SSSR count). The molecule has 8 unspecified atom stereocenters. The van der Waals surface area contributed by atoms with E-state index >= 15 is 0 Å². The van der Waals surface area contributed by atoms with Crippen LogP contribution in [0.3, 0.4) is 0 Å². The van der Waals surface area contributed by atoms with Gasteiger partial charge in [0.25, 0.3) is 0 Å². The summed E-state index contributed by atoms with van der Waals surface area (Å²) in [5.41, 5.74) is 0. The Bertz CT molecular complexity index is 1610. The lowest BCUT2D eigenvalue weighted by Gasteiger charge is -2.41. The quantitative estimate of drug-likeness (QED) is 0.0195. The number of carbonyl (C=O) groups excluding carboxylic acids is 2. The summed E-state index contributed by atoms with van der Waals surface area (Å²) in [7, 11) is 0. The van der Waals surface area contributed by atoms with E-state index in [9.17, 15) is 35.1 Å². The van der Waals surface area contributed by atoms with Gasteiger partial charge in [0.05, 0.1) is 25.4 Å². The zero-order valence-electron chi connectivity index (χ0n) is 50.5. The molecule has 11 nitrogen and oxygen atoms in total. The van der Waals surface area contributed by atoms with Gasteiger partial charge in [-0.3, -0.25) is 9.59 Å². The third kappa shape index (κ3) is 43.2. The summed E-state index contributed by atoms with van der Waals surface area (Å²) in [4.78, 5) is 26.6. The predicted molar refractivity (Wildman–Crippen MR) is 329 cm³/mol. The van der Waals surface area contributed by atoms with Crippen molar-refractivity contribution in [2.75, 3.05) is 13.2 Å². The molecule has 0 bridgehead atoms. The number of unbranched alkanes of at least 4 members (excludes halogenated alkanes) is 28. The number of hydrogen-bond acceptors (Lipinski definition) is 10. The molecule has 11 heteroatoms. The number of nitrogens with one attached hydrogen (secondary N) is 1. The number of aliphatic hydroxyl groups excluding tert-OH is 5. The largest absolute Gasteiger partial charge is 0.454 e. The third-order valence-electron chi connectivity index (χ3n) is 14.8. The molecule has 1 amide bonds. The highest BCUT2D eigenvalue weighted by Gasteiger charge is 2.47. The Morgan fingerprint density at radius 1 is 0.506 bits per heavy atom. The first-order chi connectivity index (χ1) is 38.7. The fraction of sp³-hybridized carbons (Fsp3) is 0.765. The van der Waals surface area contributed by atoms with Crippen LogP contribution in [0.15, 0.2) is 85.1 Å². The second kappa shape index (κ2) is 55.4. The predicted octanol–water partition coefficient (Wildman–Crippen LogP) is 15.7. The van der Waals surface area contributed by atoms with Crippen molar-refractivity contribution in [3.05, 3.63) is 85.1 Å². The van der Waals surface area contributed by atoms with E-state index in [-0.39, 0.29) is 19.4 Å². The number of amides is 1. The molecule has 0 aliphatic carbocycles. The van der Waals surface area contributed by atoms with E-state index in [0.717, 1.165) is 109 Å². The number of rotatable bonds is 54. The lowest BCUT2D eigenvalue weighted by atomic mass is 9.99. The van der Waals surface area contributed by atoms with Gasteiger partial charge < -0.3 is 45.1 Å². The highest BCUT2D eigenvalue weighted by Crippen LogP contribution is 2.26. The zero-order valence-corrected chi connectivity index (χ0v) is 50.5.